The number of methoxy groups -OCH3 is 1. The van der Waals surface area contributed by atoms with Crippen molar-refractivity contribution in [3.05, 3.63) is 90.3 Å². The third-order valence-corrected chi connectivity index (χ3v) is 4.98. The van der Waals surface area contributed by atoms with Crippen LogP contribution in [0.15, 0.2) is 79.0 Å². The van der Waals surface area contributed by atoms with Crippen molar-refractivity contribution >= 4 is 23.0 Å². The Morgan fingerprint density at radius 3 is 2.58 bits per heavy atom. The molecule has 0 atom stereocenters. The fourth-order valence-electron chi connectivity index (χ4n) is 3.33. The Bertz CT molecular complexity index is 1240. The first-order valence-electron chi connectivity index (χ1n) is 10.6. The molecule has 1 amide bonds. The molecule has 3 aromatic carbocycles. The van der Waals surface area contributed by atoms with E-state index in [4.69, 9.17) is 9.84 Å². The van der Waals surface area contributed by atoms with Crippen LogP contribution >= 0.6 is 0 Å². The third-order valence-electron chi connectivity index (χ3n) is 4.98. The summed E-state index contributed by atoms with van der Waals surface area (Å²) in [6, 6.07) is 22.3. The van der Waals surface area contributed by atoms with Crippen LogP contribution in [0.1, 0.15) is 22.5 Å². The van der Waals surface area contributed by atoms with Gasteiger partial charge in [0.1, 0.15) is 5.75 Å². The average Bonchev–Trinajstić information content (AvgIpc) is 3.32. The molecule has 0 fully saturated rings. The lowest BCUT2D eigenvalue weighted by molar-refractivity contribution is 0.102. The highest BCUT2D eigenvalue weighted by Gasteiger charge is 2.08. The molecule has 3 N–H and O–H groups in total. The minimum atomic E-state index is -0.212. The number of aliphatic hydroxyl groups excluding tert-OH is 1. The van der Waals surface area contributed by atoms with Gasteiger partial charge in [-0.25, -0.2) is 4.68 Å². The lowest BCUT2D eigenvalue weighted by Gasteiger charge is -2.11. The molecule has 0 saturated heterocycles. The number of aryl methyl sites for hydroxylation is 1. The molecule has 8 nitrogen and oxygen atoms in total. The summed E-state index contributed by atoms with van der Waals surface area (Å²) in [7, 11) is 1.57. The van der Waals surface area contributed by atoms with E-state index < -0.39 is 0 Å². The van der Waals surface area contributed by atoms with Gasteiger partial charge in [-0.15, -0.1) is 5.10 Å². The maximum Gasteiger partial charge on any atom is 0.255 e. The highest BCUT2D eigenvalue weighted by atomic mass is 16.5. The summed E-state index contributed by atoms with van der Waals surface area (Å²) in [5.74, 6) is 0.419. The summed E-state index contributed by atoms with van der Waals surface area (Å²) in [5, 5.41) is 23.6. The molecule has 0 unspecified atom stereocenters. The molecule has 0 aliphatic rings. The number of aliphatic hydroxyl groups is 1. The Morgan fingerprint density at radius 2 is 1.76 bits per heavy atom. The van der Waals surface area contributed by atoms with Gasteiger partial charge in [0.25, 0.3) is 5.91 Å². The van der Waals surface area contributed by atoms with Crippen LogP contribution in [0.4, 0.5) is 17.1 Å². The molecule has 0 saturated carbocycles. The molecule has 0 bridgehead atoms. The van der Waals surface area contributed by atoms with E-state index in [1.807, 2.05) is 54.7 Å². The summed E-state index contributed by atoms with van der Waals surface area (Å²) in [4.78, 5) is 12.6. The first-order chi connectivity index (χ1) is 16.1. The number of ether oxygens (including phenoxy) is 1. The smallest absolute Gasteiger partial charge is 0.255 e. The van der Waals surface area contributed by atoms with Crippen LogP contribution in [0.3, 0.4) is 0 Å². The summed E-state index contributed by atoms with van der Waals surface area (Å²) >= 11 is 0. The summed E-state index contributed by atoms with van der Waals surface area (Å²) in [6.07, 6.45) is 3.21. The van der Waals surface area contributed by atoms with Crippen LogP contribution in [-0.4, -0.2) is 39.7 Å². The molecular weight excluding hydrogens is 418 g/mol. The number of anilines is 3. The van der Waals surface area contributed by atoms with Gasteiger partial charge in [-0.3, -0.25) is 4.79 Å². The SMILES string of the molecule is COc1cccc(C(=O)Nc2cccc(Nc3cccc(-n4cc(CCCO)nn4)c3)c2)c1. The van der Waals surface area contributed by atoms with E-state index in [2.05, 4.69) is 20.9 Å². The molecule has 0 aliphatic carbocycles. The van der Waals surface area contributed by atoms with Gasteiger partial charge in [0.2, 0.25) is 0 Å². The van der Waals surface area contributed by atoms with Crippen LogP contribution in [-0.2, 0) is 6.42 Å². The number of nitrogens with zero attached hydrogens (tertiary/aromatic N) is 3. The molecule has 0 aliphatic heterocycles. The lowest BCUT2D eigenvalue weighted by Crippen LogP contribution is -2.12. The summed E-state index contributed by atoms with van der Waals surface area (Å²) in [5.41, 5.74) is 4.60. The highest BCUT2D eigenvalue weighted by Crippen LogP contribution is 2.23. The zero-order chi connectivity index (χ0) is 23.0. The summed E-state index contributed by atoms with van der Waals surface area (Å²) < 4.78 is 6.90. The second kappa shape index (κ2) is 10.4. The fraction of sp³-hybridized carbons (Fsp3) is 0.160. The van der Waals surface area contributed by atoms with Crippen LogP contribution in [0.2, 0.25) is 0 Å². The van der Waals surface area contributed by atoms with Crippen molar-refractivity contribution in [1.82, 2.24) is 15.0 Å². The Labute approximate surface area is 191 Å². The van der Waals surface area contributed by atoms with Crippen molar-refractivity contribution in [3.8, 4) is 11.4 Å². The van der Waals surface area contributed by atoms with Crippen molar-refractivity contribution in [2.24, 2.45) is 0 Å². The van der Waals surface area contributed by atoms with Gasteiger partial charge in [-0.1, -0.05) is 23.4 Å². The molecule has 0 spiro atoms. The van der Waals surface area contributed by atoms with E-state index in [0.717, 1.165) is 22.8 Å². The van der Waals surface area contributed by atoms with Gasteiger partial charge in [-0.05, 0) is 67.4 Å². The number of carbonyl (C=O) groups is 1. The topological polar surface area (TPSA) is 101 Å². The Kier molecular flexibility index (Phi) is 6.96. The quantitative estimate of drug-likeness (QED) is 0.358. The predicted molar refractivity (Wildman–Crippen MR) is 127 cm³/mol. The molecule has 168 valence electrons. The minimum absolute atomic E-state index is 0.130. The zero-order valence-electron chi connectivity index (χ0n) is 18.2. The van der Waals surface area contributed by atoms with Crippen molar-refractivity contribution in [1.29, 1.82) is 0 Å². The van der Waals surface area contributed by atoms with E-state index in [9.17, 15) is 4.79 Å². The largest absolute Gasteiger partial charge is 0.497 e. The Hall–Kier alpha value is -4.17. The van der Waals surface area contributed by atoms with E-state index in [0.29, 0.717) is 29.8 Å². The number of rotatable bonds is 9. The molecule has 4 aromatic rings. The molecule has 4 rings (SSSR count). The van der Waals surface area contributed by atoms with E-state index in [1.54, 1.807) is 36.1 Å². The molecule has 1 aromatic heterocycles. The third kappa shape index (κ3) is 5.75. The maximum atomic E-state index is 12.6. The highest BCUT2D eigenvalue weighted by molar-refractivity contribution is 6.04. The van der Waals surface area contributed by atoms with Crippen LogP contribution in [0, 0.1) is 0 Å². The standard InChI is InChI=1S/C25H25N5O3/c1-33-24-12-2-6-18(14-24)25(32)27-20-8-3-7-19(15-20)26-21-9-4-11-23(16-21)30-17-22(28-29-30)10-5-13-31/h2-4,6-9,11-12,14-17,26,31H,5,10,13H2,1H3,(H,27,32). The second-order valence-electron chi connectivity index (χ2n) is 7.42. The molecule has 1 heterocycles. The van der Waals surface area contributed by atoms with Crippen molar-refractivity contribution in [3.63, 3.8) is 0 Å². The normalized spacial score (nSPS) is 10.6. The number of benzene rings is 3. The summed E-state index contributed by atoms with van der Waals surface area (Å²) in [6.45, 7) is 0.130. The number of amides is 1. The van der Waals surface area contributed by atoms with Crippen molar-refractivity contribution in [2.45, 2.75) is 12.8 Å². The van der Waals surface area contributed by atoms with Crippen molar-refractivity contribution < 1.29 is 14.6 Å². The van der Waals surface area contributed by atoms with Gasteiger partial charge in [0.15, 0.2) is 0 Å². The van der Waals surface area contributed by atoms with Crippen LogP contribution < -0.4 is 15.4 Å². The number of nitrogens with one attached hydrogen (secondary N) is 2. The number of carbonyl (C=O) groups excluding carboxylic acids is 1. The van der Waals surface area contributed by atoms with Gasteiger partial charge in [-0.2, -0.15) is 0 Å². The number of hydrogen-bond acceptors (Lipinski definition) is 6. The van der Waals surface area contributed by atoms with Gasteiger partial charge >= 0.3 is 0 Å². The Morgan fingerprint density at radius 1 is 1.00 bits per heavy atom. The first-order valence-corrected chi connectivity index (χ1v) is 10.6. The van der Waals surface area contributed by atoms with Gasteiger partial charge in [0.05, 0.1) is 24.7 Å². The Balaban J connectivity index is 1.45. The minimum Gasteiger partial charge on any atom is -0.497 e. The maximum absolute atomic E-state index is 12.6. The van der Waals surface area contributed by atoms with Crippen LogP contribution in [0.25, 0.3) is 5.69 Å². The van der Waals surface area contributed by atoms with Crippen LogP contribution in [0.5, 0.6) is 5.75 Å². The lowest BCUT2D eigenvalue weighted by atomic mass is 10.2. The molecule has 8 heteroatoms. The number of aromatic nitrogens is 3. The fourth-order valence-corrected chi connectivity index (χ4v) is 3.33. The van der Waals surface area contributed by atoms with E-state index >= 15 is 0 Å². The van der Waals surface area contributed by atoms with Gasteiger partial charge < -0.3 is 20.5 Å². The predicted octanol–water partition coefficient (Wildman–Crippen LogP) is 4.20. The molecule has 33 heavy (non-hydrogen) atoms. The average molecular weight is 444 g/mol. The molecular formula is C25H25N5O3. The molecule has 0 radical (unpaired) electrons. The van der Waals surface area contributed by atoms with E-state index in [1.165, 1.54) is 0 Å². The van der Waals surface area contributed by atoms with Gasteiger partial charge in [0, 0.05) is 29.2 Å². The number of hydrogen-bond donors (Lipinski definition) is 3. The first kappa shape index (κ1) is 22.0. The zero-order valence-corrected chi connectivity index (χ0v) is 18.2. The van der Waals surface area contributed by atoms with Crippen molar-refractivity contribution in [2.75, 3.05) is 24.4 Å². The van der Waals surface area contributed by atoms with E-state index in [-0.39, 0.29) is 12.5 Å². The second-order valence-corrected chi connectivity index (χ2v) is 7.42. The monoisotopic (exact) mass is 443 g/mol.